The van der Waals surface area contributed by atoms with Gasteiger partial charge in [-0.15, -0.1) is 0 Å². The van der Waals surface area contributed by atoms with Gasteiger partial charge in [0.15, 0.2) is 11.5 Å². The number of fused-ring (bicyclic) bond motifs is 1. The van der Waals surface area contributed by atoms with Gasteiger partial charge in [0, 0.05) is 26.7 Å². The molecular weight excluding hydrogens is 390 g/mol. The molecule has 0 aliphatic carbocycles. The topological polar surface area (TPSA) is 57.4 Å². The third kappa shape index (κ3) is 4.95. The maximum Gasteiger partial charge on any atom is 0.328 e. The minimum absolute atomic E-state index is 0. The molecule has 6 nitrogen and oxygen atoms in total. The fourth-order valence-electron chi connectivity index (χ4n) is 3.18. The van der Waals surface area contributed by atoms with Gasteiger partial charge in [-0.3, -0.25) is 9.13 Å². The fourth-order valence-corrected chi connectivity index (χ4v) is 3.18. The van der Waals surface area contributed by atoms with E-state index in [0.717, 1.165) is 40.9 Å². The van der Waals surface area contributed by atoms with Gasteiger partial charge >= 0.3 is 5.69 Å². The van der Waals surface area contributed by atoms with E-state index in [1.807, 2.05) is 30.3 Å². The Morgan fingerprint density at radius 3 is 2.38 bits per heavy atom. The van der Waals surface area contributed by atoms with Crippen LogP contribution in [0.1, 0.15) is 31.4 Å². The lowest BCUT2D eigenvalue weighted by molar-refractivity contribution is -0.00000664. The van der Waals surface area contributed by atoms with E-state index in [1.54, 1.807) is 30.3 Å². The maximum absolute atomic E-state index is 12.1. The first kappa shape index (κ1) is 22.8. The van der Waals surface area contributed by atoms with Gasteiger partial charge in [-0.2, -0.15) is 0 Å². The number of imidazole rings is 1. The second-order valence-corrected chi connectivity index (χ2v) is 7.19. The number of nitrogens with zero attached hydrogens (tertiary/aromatic N) is 2. The summed E-state index contributed by atoms with van der Waals surface area (Å²) in [6.07, 6.45) is 1.09. The molecule has 1 aromatic heterocycles. The summed E-state index contributed by atoms with van der Waals surface area (Å²) in [5, 5.41) is 3.48. The standard InChI is InChI=1S/C22H29N3O3.ClH/c1-6-15(2)23-13-16-8-10-20(21(12-16)27-5)28-14-17-7-9-18-19(11-17)25(4)22(26)24(18)3;/h7-12,15,23H,6,13-14H2,1-5H3;1H/p-1. The molecule has 1 heterocycles. The lowest BCUT2D eigenvalue weighted by Crippen LogP contribution is -3.00. The minimum atomic E-state index is -0.0312. The van der Waals surface area contributed by atoms with Gasteiger partial charge < -0.3 is 27.2 Å². The van der Waals surface area contributed by atoms with Crippen LogP contribution in [-0.2, 0) is 27.2 Å². The van der Waals surface area contributed by atoms with Gasteiger partial charge in [0.2, 0.25) is 0 Å². The highest BCUT2D eigenvalue weighted by molar-refractivity contribution is 5.76. The Balaban J connectivity index is 0.00000300. The van der Waals surface area contributed by atoms with Crippen LogP contribution in [0.2, 0.25) is 0 Å². The van der Waals surface area contributed by atoms with Crippen molar-refractivity contribution < 1.29 is 21.9 Å². The Kier molecular flexibility index (Phi) is 7.76. The summed E-state index contributed by atoms with van der Waals surface area (Å²) >= 11 is 0. The minimum Gasteiger partial charge on any atom is -1.00 e. The van der Waals surface area contributed by atoms with Crippen LogP contribution in [0.25, 0.3) is 11.0 Å². The number of benzene rings is 2. The molecule has 29 heavy (non-hydrogen) atoms. The predicted octanol–water partition coefficient (Wildman–Crippen LogP) is 0.357. The monoisotopic (exact) mass is 418 g/mol. The molecular formula is C22H29ClN3O3-. The van der Waals surface area contributed by atoms with E-state index in [2.05, 4.69) is 25.2 Å². The molecule has 0 spiro atoms. The van der Waals surface area contributed by atoms with Crippen molar-refractivity contribution in [3.05, 3.63) is 58.0 Å². The molecule has 7 heteroatoms. The van der Waals surface area contributed by atoms with Crippen molar-refractivity contribution in [2.24, 2.45) is 14.1 Å². The molecule has 0 amide bonds. The number of aromatic nitrogens is 2. The normalized spacial score (nSPS) is 11.9. The Bertz CT molecular complexity index is 1030. The van der Waals surface area contributed by atoms with Crippen molar-refractivity contribution in [3.63, 3.8) is 0 Å². The predicted molar refractivity (Wildman–Crippen MR) is 112 cm³/mol. The van der Waals surface area contributed by atoms with E-state index >= 15 is 0 Å². The van der Waals surface area contributed by atoms with E-state index < -0.39 is 0 Å². The Hall–Kier alpha value is -2.44. The number of hydrogen-bond acceptors (Lipinski definition) is 4. The summed E-state index contributed by atoms with van der Waals surface area (Å²) in [6, 6.07) is 12.4. The zero-order chi connectivity index (χ0) is 20.3. The number of rotatable bonds is 8. The van der Waals surface area contributed by atoms with Gasteiger partial charge in [-0.1, -0.05) is 19.1 Å². The average molecular weight is 419 g/mol. The number of hydrogen-bond donors (Lipinski definition) is 1. The van der Waals surface area contributed by atoms with Gasteiger partial charge in [-0.25, -0.2) is 4.79 Å². The van der Waals surface area contributed by atoms with Gasteiger partial charge in [-0.05, 0) is 48.7 Å². The second kappa shape index (κ2) is 9.85. The zero-order valence-electron chi connectivity index (χ0n) is 17.7. The first-order chi connectivity index (χ1) is 13.4. The largest absolute Gasteiger partial charge is 1.00 e. The molecule has 0 radical (unpaired) electrons. The smallest absolute Gasteiger partial charge is 0.328 e. The van der Waals surface area contributed by atoms with Crippen molar-refractivity contribution >= 4 is 11.0 Å². The summed E-state index contributed by atoms with van der Waals surface area (Å²) in [7, 11) is 5.22. The van der Waals surface area contributed by atoms with Gasteiger partial charge in [0.1, 0.15) is 6.61 Å². The third-order valence-electron chi connectivity index (χ3n) is 5.23. The van der Waals surface area contributed by atoms with Crippen LogP contribution in [-0.4, -0.2) is 22.3 Å². The first-order valence-corrected chi connectivity index (χ1v) is 9.62. The number of nitrogens with one attached hydrogen (secondary N) is 1. The van der Waals surface area contributed by atoms with Crippen LogP contribution in [0.3, 0.4) is 0 Å². The molecule has 3 rings (SSSR count). The summed E-state index contributed by atoms with van der Waals surface area (Å²) in [5.41, 5.74) is 3.93. The van der Waals surface area contributed by atoms with Crippen LogP contribution in [0.5, 0.6) is 11.5 Å². The average Bonchev–Trinajstić information content (AvgIpc) is 2.94. The molecule has 0 aliphatic heterocycles. The van der Waals surface area contributed by atoms with E-state index in [1.165, 1.54) is 0 Å². The summed E-state index contributed by atoms with van der Waals surface area (Å²) in [5.74, 6) is 1.42. The zero-order valence-corrected chi connectivity index (χ0v) is 18.4. The van der Waals surface area contributed by atoms with Crippen LogP contribution in [0, 0.1) is 0 Å². The van der Waals surface area contributed by atoms with Crippen LogP contribution < -0.4 is 32.9 Å². The van der Waals surface area contributed by atoms with Crippen molar-refractivity contribution in [1.82, 2.24) is 14.5 Å². The molecule has 1 atom stereocenters. The molecule has 158 valence electrons. The quantitative estimate of drug-likeness (QED) is 0.574. The van der Waals surface area contributed by atoms with E-state index in [9.17, 15) is 4.79 Å². The molecule has 1 unspecified atom stereocenters. The number of methoxy groups -OCH3 is 1. The molecule has 0 aliphatic rings. The number of aryl methyl sites for hydroxylation is 2. The van der Waals surface area contributed by atoms with Crippen LogP contribution in [0.4, 0.5) is 0 Å². The number of halogens is 1. The van der Waals surface area contributed by atoms with Crippen LogP contribution >= 0.6 is 0 Å². The molecule has 2 aromatic carbocycles. The molecule has 1 N–H and O–H groups in total. The van der Waals surface area contributed by atoms with Crippen molar-refractivity contribution in [1.29, 1.82) is 0 Å². The number of ether oxygens (including phenoxy) is 2. The Morgan fingerprint density at radius 2 is 1.69 bits per heavy atom. The van der Waals surface area contributed by atoms with Gasteiger partial charge in [0.25, 0.3) is 0 Å². The van der Waals surface area contributed by atoms with Crippen LogP contribution in [0.15, 0.2) is 41.2 Å². The molecule has 0 fully saturated rings. The molecule has 0 saturated heterocycles. The fraction of sp³-hybridized carbons (Fsp3) is 0.409. The lowest BCUT2D eigenvalue weighted by Gasteiger charge is -2.14. The summed E-state index contributed by atoms with van der Waals surface area (Å²) in [4.78, 5) is 12.1. The lowest BCUT2D eigenvalue weighted by atomic mass is 10.1. The van der Waals surface area contributed by atoms with Crippen molar-refractivity contribution in [2.45, 2.75) is 39.5 Å². The van der Waals surface area contributed by atoms with E-state index in [-0.39, 0.29) is 18.1 Å². The highest BCUT2D eigenvalue weighted by Gasteiger charge is 2.10. The highest BCUT2D eigenvalue weighted by Crippen LogP contribution is 2.29. The Morgan fingerprint density at radius 1 is 1.00 bits per heavy atom. The molecule has 0 saturated carbocycles. The molecule has 3 aromatic rings. The summed E-state index contributed by atoms with van der Waals surface area (Å²) < 4.78 is 14.8. The van der Waals surface area contributed by atoms with Crippen molar-refractivity contribution in [2.75, 3.05) is 7.11 Å². The first-order valence-electron chi connectivity index (χ1n) is 9.62. The maximum atomic E-state index is 12.1. The summed E-state index contributed by atoms with van der Waals surface area (Å²) in [6.45, 7) is 5.54. The SMILES string of the molecule is CCC(C)NCc1ccc(OCc2ccc3c(c2)n(C)c(=O)n3C)c(OC)c1.[Cl-]. The van der Waals surface area contributed by atoms with E-state index in [0.29, 0.717) is 18.4 Å². The second-order valence-electron chi connectivity index (χ2n) is 7.19. The third-order valence-corrected chi connectivity index (χ3v) is 5.23. The van der Waals surface area contributed by atoms with Crippen molar-refractivity contribution in [3.8, 4) is 11.5 Å². The highest BCUT2D eigenvalue weighted by atomic mass is 35.5. The van der Waals surface area contributed by atoms with E-state index in [4.69, 9.17) is 9.47 Å². The van der Waals surface area contributed by atoms with Gasteiger partial charge in [0.05, 0.1) is 18.1 Å². The molecule has 0 bridgehead atoms. The Labute approximate surface area is 177 Å².